The normalized spacial score (nSPS) is 12.2. The van der Waals surface area contributed by atoms with E-state index in [1.165, 1.54) is 0 Å². The molecule has 1 heterocycles. The molecule has 2 aromatic rings. The molecule has 6 heteroatoms. The lowest BCUT2D eigenvalue weighted by Gasteiger charge is -2.30. The molecule has 0 saturated heterocycles. The molecule has 106 valence electrons. The van der Waals surface area contributed by atoms with Crippen molar-refractivity contribution in [3.8, 4) is 0 Å². The molecule has 0 aliphatic rings. The molecule has 1 unspecified atom stereocenters. The number of aryl methyl sites for hydroxylation is 1. The topological polar surface area (TPSA) is 58.4 Å². The first-order chi connectivity index (χ1) is 9.49. The van der Waals surface area contributed by atoms with Gasteiger partial charge in [0.2, 0.25) is 0 Å². The van der Waals surface area contributed by atoms with E-state index in [0.29, 0.717) is 5.02 Å². The van der Waals surface area contributed by atoms with Crippen molar-refractivity contribution < 1.29 is 9.90 Å². The molecule has 1 N–H and O–H groups in total. The second-order valence-corrected chi connectivity index (χ2v) is 4.99. The predicted octanol–water partition coefficient (Wildman–Crippen LogP) is 2.73. The van der Waals surface area contributed by atoms with E-state index in [-0.39, 0.29) is 12.6 Å². The molecule has 0 aliphatic heterocycles. The van der Waals surface area contributed by atoms with Gasteiger partial charge in [-0.25, -0.2) is 0 Å². The second kappa shape index (κ2) is 5.96. The number of aromatic nitrogens is 2. The summed E-state index contributed by atoms with van der Waals surface area (Å²) in [4.78, 5) is 12.9. The van der Waals surface area contributed by atoms with Crippen molar-refractivity contribution >= 4 is 23.3 Å². The summed E-state index contributed by atoms with van der Waals surface area (Å²) in [6.07, 6.45) is 1.70. The van der Waals surface area contributed by atoms with Gasteiger partial charge in [0.1, 0.15) is 6.54 Å². The van der Waals surface area contributed by atoms with Crippen molar-refractivity contribution in [2.24, 2.45) is 7.05 Å². The molecule has 0 aliphatic carbocycles. The minimum Gasteiger partial charge on any atom is -0.480 e. The van der Waals surface area contributed by atoms with Crippen LogP contribution in [0.15, 0.2) is 36.5 Å². The molecule has 20 heavy (non-hydrogen) atoms. The van der Waals surface area contributed by atoms with Gasteiger partial charge >= 0.3 is 5.97 Å². The Morgan fingerprint density at radius 2 is 2.25 bits per heavy atom. The minimum absolute atomic E-state index is 0.104. The summed E-state index contributed by atoms with van der Waals surface area (Å²) >= 11 is 5.99. The van der Waals surface area contributed by atoms with E-state index in [9.17, 15) is 4.79 Å². The van der Waals surface area contributed by atoms with Crippen LogP contribution < -0.4 is 4.90 Å². The number of anilines is 1. The van der Waals surface area contributed by atoms with Gasteiger partial charge in [0.15, 0.2) is 0 Å². The number of hydrogen-bond acceptors (Lipinski definition) is 3. The van der Waals surface area contributed by atoms with Crippen molar-refractivity contribution in [2.75, 3.05) is 11.4 Å². The number of hydrogen-bond donors (Lipinski definition) is 1. The van der Waals surface area contributed by atoms with Gasteiger partial charge in [-0.1, -0.05) is 17.7 Å². The standard InChI is InChI=1S/C14H16ClN3O2/c1-10(13-6-7-16-17(13)2)18(9-14(19)20)12-5-3-4-11(15)8-12/h3-8,10H,9H2,1-2H3,(H,19,20). The number of benzene rings is 1. The summed E-state index contributed by atoms with van der Waals surface area (Å²) in [7, 11) is 1.84. The molecule has 0 fully saturated rings. The van der Waals surface area contributed by atoms with Crippen molar-refractivity contribution in [1.29, 1.82) is 0 Å². The van der Waals surface area contributed by atoms with E-state index < -0.39 is 5.97 Å². The quantitative estimate of drug-likeness (QED) is 0.921. The Morgan fingerprint density at radius 3 is 2.80 bits per heavy atom. The third kappa shape index (κ3) is 3.11. The lowest BCUT2D eigenvalue weighted by Crippen LogP contribution is -2.33. The van der Waals surface area contributed by atoms with Gasteiger partial charge in [0.05, 0.1) is 11.7 Å². The molecule has 0 bridgehead atoms. The van der Waals surface area contributed by atoms with Crippen LogP contribution in [0.4, 0.5) is 5.69 Å². The van der Waals surface area contributed by atoms with E-state index in [0.717, 1.165) is 11.4 Å². The third-order valence-electron chi connectivity index (χ3n) is 3.20. The van der Waals surface area contributed by atoms with Crippen LogP contribution in [0.5, 0.6) is 0 Å². The smallest absolute Gasteiger partial charge is 0.323 e. The Balaban J connectivity index is 2.37. The van der Waals surface area contributed by atoms with Crippen LogP contribution in [0.25, 0.3) is 0 Å². The van der Waals surface area contributed by atoms with Crippen molar-refractivity contribution in [3.63, 3.8) is 0 Å². The van der Waals surface area contributed by atoms with Gasteiger partial charge in [-0.2, -0.15) is 5.10 Å². The number of rotatable bonds is 5. The Hall–Kier alpha value is -2.01. The number of nitrogens with zero attached hydrogens (tertiary/aromatic N) is 3. The largest absolute Gasteiger partial charge is 0.480 e. The van der Waals surface area contributed by atoms with Crippen LogP contribution in [0, 0.1) is 0 Å². The summed E-state index contributed by atoms with van der Waals surface area (Å²) in [5.41, 5.74) is 1.71. The molecule has 5 nitrogen and oxygen atoms in total. The Kier molecular flexibility index (Phi) is 4.29. The van der Waals surface area contributed by atoms with E-state index in [4.69, 9.17) is 16.7 Å². The molecule has 0 spiro atoms. The van der Waals surface area contributed by atoms with E-state index in [1.807, 2.05) is 32.2 Å². The first-order valence-corrected chi connectivity index (χ1v) is 6.58. The van der Waals surface area contributed by atoms with Gasteiger partial charge in [-0.15, -0.1) is 0 Å². The number of carbonyl (C=O) groups is 1. The van der Waals surface area contributed by atoms with Crippen LogP contribution in [0.1, 0.15) is 18.7 Å². The maximum Gasteiger partial charge on any atom is 0.323 e. The first kappa shape index (κ1) is 14.4. The molecule has 1 aromatic heterocycles. The molecule has 2 rings (SSSR count). The summed E-state index contributed by atoms with van der Waals surface area (Å²) < 4.78 is 1.74. The van der Waals surface area contributed by atoms with E-state index in [2.05, 4.69) is 5.10 Å². The predicted molar refractivity (Wildman–Crippen MR) is 78.1 cm³/mol. The van der Waals surface area contributed by atoms with Crippen LogP contribution >= 0.6 is 11.6 Å². The summed E-state index contributed by atoms with van der Waals surface area (Å²) in [5, 5.41) is 13.8. The highest BCUT2D eigenvalue weighted by molar-refractivity contribution is 6.30. The Bertz CT molecular complexity index is 612. The average Bonchev–Trinajstić information content (AvgIpc) is 2.81. The minimum atomic E-state index is -0.890. The number of carboxylic acid groups (broad SMARTS) is 1. The molecule has 0 amide bonds. The SMILES string of the molecule is CC(c1ccnn1C)N(CC(=O)O)c1cccc(Cl)c1. The third-order valence-corrected chi connectivity index (χ3v) is 3.43. The van der Waals surface area contributed by atoms with Crippen LogP contribution in [-0.4, -0.2) is 27.4 Å². The second-order valence-electron chi connectivity index (χ2n) is 4.56. The van der Waals surface area contributed by atoms with Crippen molar-refractivity contribution in [1.82, 2.24) is 9.78 Å². The molecule has 0 radical (unpaired) electrons. The van der Waals surface area contributed by atoms with Gasteiger partial charge in [-0.3, -0.25) is 9.48 Å². The van der Waals surface area contributed by atoms with Gasteiger partial charge in [-0.05, 0) is 31.2 Å². The average molecular weight is 294 g/mol. The molecule has 1 atom stereocenters. The van der Waals surface area contributed by atoms with E-state index in [1.54, 1.807) is 27.9 Å². The zero-order valence-electron chi connectivity index (χ0n) is 11.3. The zero-order chi connectivity index (χ0) is 14.7. The molecular weight excluding hydrogens is 278 g/mol. The van der Waals surface area contributed by atoms with Crippen LogP contribution in [0.3, 0.4) is 0 Å². The lowest BCUT2D eigenvalue weighted by atomic mass is 10.1. The Morgan fingerprint density at radius 1 is 1.50 bits per heavy atom. The highest BCUT2D eigenvalue weighted by Crippen LogP contribution is 2.28. The summed E-state index contributed by atoms with van der Waals surface area (Å²) in [6, 6.07) is 8.93. The van der Waals surface area contributed by atoms with E-state index >= 15 is 0 Å². The fourth-order valence-electron chi connectivity index (χ4n) is 2.21. The van der Waals surface area contributed by atoms with Gasteiger partial charge in [0.25, 0.3) is 0 Å². The molecular formula is C14H16ClN3O2. The first-order valence-electron chi connectivity index (χ1n) is 6.21. The summed E-state index contributed by atoms with van der Waals surface area (Å²) in [6.45, 7) is 1.84. The van der Waals surface area contributed by atoms with Gasteiger partial charge < -0.3 is 10.0 Å². The number of halogens is 1. The zero-order valence-corrected chi connectivity index (χ0v) is 12.1. The van der Waals surface area contributed by atoms with Crippen LogP contribution in [0.2, 0.25) is 5.02 Å². The fraction of sp³-hybridized carbons (Fsp3) is 0.286. The van der Waals surface area contributed by atoms with Crippen molar-refractivity contribution in [3.05, 3.63) is 47.2 Å². The summed E-state index contributed by atoms with van der Waals surface area (Å²) in [5.74, 6) is -0.890. The Labute approximate surface area is 122 Å². The maximum atomic E-state index is 11.1. The lowest BCUT2D eigenvalue weighted by molar-refractivity contribution is -0.135. The van der Waals surface area contributed by atoms with Crippen LogP contribution in [-0.2, 0) is 11.8 Å². The van der Waals surface area contributed by atoms with Crippen molar-refractivity contribution in [2.45, 2.75) is 13.0 Å². The molecule has 0 saturated carbocycles. The fourth-order valence-corrected chi connectivity index (χ4v) is 2.39. The van der Waals surface area contributed by atoms with Gasteiger partial charge in [0, 0.05) is 24.0 Å². The maximum absolute atomic E-state index is 11.1. The monoisotopic (exact) mass is 293 g/mol. The highest BCUT2D eigenvalue weighted by atomic mass is 35.5. The number of aliphatic carboxylic acids is 1. The number of carboxylic acids is 1. The molecule has 1 aromatic carbocycles. The highest BCUT2D eigenvalue weighted by Gasteiger charge is 2.21.